The fraction of sp³-hybridized carbons (Fsp3) is 0.958. The molecule has 0 radical (unpaired) electrons. The number of unbranched alkanes of at least 4 members (excludes halogenated alkanes) is 20. The number of carbonyl (C=O) groups is 1. The number of aliphatic carboxylic acids is 1. The minimum absolute atomic E-state index is 0. The average Bonchev–Trinajstić information content (AvgIpc) is 2.62. The molecule has 2 nitrogen and oxygen atoms in total. The number of carboxylic acids is 1. The van der Waals surface area contributed by atoms with Crippen LogP contribution in [0.4, 0.5) is 0 Å². The number of hydrogen-bond donors (Lipinski definition) is 1. The zero-order valence-electron chi connectivity index (χ0n) is 17.9. The first-order chi connectivity index (χ1) is 12.8. The summed E-state index contributed by atoms with van der Waals surface area (Å²) in [5.74, 6) is -0.650. The van der Waals surface area contributed by atoms with Gasteiger partial charge in [0, 0.05) is 6.42 Å². The Balaban J connectivity index is 0. The van der Waals surface area contributed by atoms with Crippen LogP contribution in [0.2, 0.25) is 0 Å². The fourth-order valence-corrected chi connectivity index (χ4v) is 3.71. The second-order valence-corrected chi connectivity index (χ2v) is 8.21. The van der Waals surface area contributed by atoms with Gasteiger partial charge in [-0.1, -0.05) is 135 Å². The van der Waals surface area contributed by atoms with E-state index in [1.54, 1.807) is 0 Å². The predicted molar refractivity (Wildman–Crippen MR) is 122 cm³/mol. The number of rotatable bonds is 22. The van der Waals surface area contributed by atoms with Gasteiger partial charge in [0.25, 0.3) is 0 Å². The van der Waals surface area contributed by atoms with Crippen LogP contribution in [0.15, 0.2) is 0 Å². The molecule has 0 aliphatic carbocycles. The van der Waals surface area contributed by atoms with Gasteiger partial charge in [0.15, 0.2) is 0 Å². The van der Waals surface area contributed by atoms with Crippen molar-refractivity contribution in [2.75, 3.05) is 0 Å². The molecule has 0 aromatic rings. The normalized spacial score (nSPS) is 10.7. The van der Waals surface area contributed by atoms with E-state index in [-0.39, 0.29) is 68.9 Å². The van der Waals surface area contributed by atoms with E-state index in [4.69, 9.17) is 5.11 Å². The van der Waals surface area contributed by atoms with Gasteiger partial charge >= 0.3 is 74.9 Å². The molecule has 0 saturated heterocycles. The molecule has 0 rings (SSSR count). The van der Waals surface area contributed by atoms with Gasteiger partial charge in [-0.25, -0.2) is 0 Å². The molecule has 158 valence electrons. The molecule has 0 aliphatic heterocycles. The van der Waals surface area contributed by atoms with Crippen molar-refractivity contribution >= 4 is 74.9 Å². The van der Waals surface area contributed by atoms with Crippen molar-refractivity contribution in [2.45, 2.75) is 148 Å². The van der Waals surface area contributed by atoms with Crippen molar-refractivity contribution in [3.63, 3.8) is 0 Å². The van der Waals surface area contributed by atoms with Crippen LogP contribution in [0.5, 0.6) is 0 Å². The molecule has 0 atom stereocenters. The van der Waals surface area contributed by atoms with Crippen LogP contribution >= 0.6 is 0 Å². The third-order valence-electron chi connectivity index (χ3n) is 5.49. The van der Waals surface area contributed by atoms with E-state index >= 15 is 0 Å². The minimum atomic E-state index is -0.650. The van der Waals surface area contributed by atoms with Crippen LogP contribution in [0.3, 0.4) is 0 Å². The summed E-state index contributed by atoms with van der Waals surface area (Å²) in [6, 6.07) is 0. The molecule has 0 unspecified atom stereocenters. The first kappa shape index (κ1) is 30.7. The Hall–Kier alpha value is 1.52. The van der Waals surface area contributed by atoms with Crippen LogP contribution in [0.25, 0.3) is 0 Å². The number of hydrogen-bond acceptors (Lipinski definition) is 1. The standard InChI is InChI=1S/C24H48O2.Cs.H/c1-2-3-4-5-6-7-8-9-10-11-12-13-14-15-16-17-18-19-20-21-22-23-24(25)26;;/h2-23H2,1H3,(H,25,26);;. The van der Waals surface area contributed by atoms with Crippen LogP contribution in [-0.2, 0) is 4.79 Å². The Morgan fingerprint density at radius 2 is 0.704 bits per heavy atom. The van der Waals surface area contributed by atoms with E-state index in [1.165, 1.54) is 122 Å². The molecule has 0 spiro atoms. The summed E-state index contributed by atoms with van der Waals surface area (Å²) in [5.41, 5.74) is 0. The molecule has 0 aromatic carbocycles. The molecule has 0 aliphatic rings. The first-order valence-electron chi connectivity index (χ1n) is 12.0. The fourth-order valence-electron chi connectivity index (χ4n) is 3.71. The monoisotopic (exact) mass is 502 g/mol. The summed E-state index contributed by atoms with van der Waals surface area (Å²) in [7, 11) is 0. The van der Waals surface area contributed by atoms with Gasteiger partial charge in [-0.2, -0.15) is 0 Å². The molecule has 0 fully saturated rings. The van der Waals surface area contributed by atoms with Crippen LogP contribution in [0, 0.1) is 0 Å². The molecule has 0 aromatic heterocycles. The maximum absolute atomic E-state index is 10.4. The van der Waals surface area contributed by atoms with Gasteiger partial charge < -0.3 is 5.11 Å². The van der Waals surface area contributed by atoms with Crippen LogP contribution in [-0.4, -0.2) is 80.0 Å². The summed E-state index contributed by atoms with van der Waals surface area (Å²) in [5, 5.41) is 8.57. The summed E-state index contributed by atoms with van der Waals surface area (Å²) in [4.78, 5) is 10.4. The van der Waals surface area contributed by atoms with Crippen LogP contribution in [0.1, 0.15) is 148 Å². The third-order valence-corrected chi connectivity index (χ3v) is 5.49. The molecular formula is C24H49CsO2. The molecular weight excluding hydrogens is 453 g/mol. The van der Waals surface area contributed by atoms with Gasteiger partial charge in [-0.3, -0.25) is 4.79 Å². The average molecular weight is 503 g/mol. The molecule has 3 heteroatoms. The zero-order valence-corrected chi connectivity index (χ0v) is 17.9. The Morgan fingerprint density at radius 1 is 0.481 bits per heavy atom. The van der Waals surface area contributed by atoms with Crippen molar-refractivity contribution in [2.24, 2.45) is 0 Å². The van der Waals surface area contributed by atoms with E-state index in [0.29, 0.717) is 6.42 Å². The topological polar surface area (TPSA) is 37.3 Å². The molecule has 0 amide bonds. The molecule has 27 heavy (non-hydrogen) atoms. The molecule has 0 bridgehead atoms. The molecule has 1 N–H and O–H groups in total. The third kappa shape index (κ3) is 29.8. The van der Waals surface area contributed by atoms with Crippen LogP contribution < -0.4 is 0 Å². The summed E-state index contributed by atoms with van der Waals surface area (Å²) >= 11 is 0. The second-order valence-electron chi connectivity index (χ2n) is 8.21. The Kier molecular flexibility index (Phi) is 31.3. The Bertz CT molecular complexity index is 282. The van der Waals surface area contributed by atoms with E-state index in [1.807, 2.05) is 0 Å². The van der Waals surface area contributed by atoms with Crippen molar-refractivity contribution in [3.8, 4) is 0 Å². The number of carboxylic acid groups (broad SMARTS) is 1. The van der Waals surface area contributed by atoms with Gasteiger partial charge in [-0.15, -0.1) is 0 Å². The van der Waals surface area contributed by atoms with E-state index in [9.17, 15) is 4.79 Å². The van der Waals surface area contributed by atoms with Gasteiger partial charge in [0.1, 0.15) is 0 Å². The van der Waals surface area contributed by atoms with E-state index < -0.39 is 5.97 Å². The Morgan fingerprint density at radius 3 is 0.926 bits per heavy atom. The van der Waals surface area contributed by atoms with E-state index in [2.05, 4.69) is 6.92 Å². The molecule has 0 heterocycles. The van der Waals surface area contributed by atoms with Crippen molar-refractivity contribution < 1.29 is 9.90 Å². The van der Waals surface area contributed by atoms with Gasteiger partial charge in [-0.05, 0) is 6.42 Å². The van der Waals surface area contributed by atoms with Crippen molar-refractivity contribution in [1.29, 1.82) is 0 Å². The van der Waals surface area contributed by atoms with Gasteiger partial charge in [0.05, 0.1) is 0 Å². The van der Waals surface area contributed by atoms with E-state index in [0.717, 1.165) is 12.8 Å². The first-order valence-corrected chi connectivity index (χ1v) is 12.0. The summed E-state index contributed by atoms with van der Waals surface area (Å²) in [6.07, 6.45) is 29.1. The quantitative estimate of drug-likeness (QED) is 0.152. The Labute approximate surface area is 229 Å². The molecule has 0 saturated carbocycles. The van der Waals surface area contributed by atoms with Gasteiger partial charge in [0.2, 0.25) is 0 Å². The SMILES string of the molecule is CCCCCCCCCCCCCCCCCCCCCCCC(=O)O.[CsH]. The maximum atomic E-state index is 10.4. The summed E-state index contributed by atoms with van der Waals surface area (Å²) in [6.45, 7) is 2.29. The summed E-state index contributed by atoms with van der Waals surface area (Å²) < 4.78 is 0. The second kappa shape index (κ2) is 27.5. The van der Waals surface area contributed by atoms with Crippen molar-refractivity contribution in [1.82, 2.24) is 0 Å². The van der Waals surface area contributed by atoms with Crippen molar-refractivity contribution in [3.05, 3.63) is 0 Å². The zero-order chi connectivity index (χ0) is 19.1. The predicted octanol–water partition coefficient (Wildman–Crippen LogP) is 8.02.